The maximum Gasteiger partial charge on any atom is 0.315 e. The van der Waals surface area contributed by atoms with Crippen molar-refractivity contribution in [2.45, 2.75) is 18.7 Å². The van der Waals surface area contributed by atoms with Gasteiger partial charge in [-0.25, -0.2) is 23.2 Å². The van der Waals surface area contributed by atoms with Crippen LogP contribution in [-0.4, -0.2) is 59.7 Å². The predicted octanol–water partition coefficient (Wildman–Crippen LogP) is -0.121. The summed E-state index contributed by atoms with van der Waals surface area (Å²) in [5.41, 5.74) is 0.821. The summed E-state index contributed by atoms with van der Waals surface area (Å²) in [6.07, 6.45) is 6.24. The van der Waals surface area contributed by atoms with Crippen LogP contribution < -0.4 is 10.6 Å². The van der Waals surface area contributed by atoms with Crippen molar-refractivity contribution in [3.05, 3.63) is 42.6 Å². The van der Waals surface area contributed by atoms with Gasteiger partial charge in [0.15, 0.2) is 9.84 Å². The minimum atomic E-state index is -3.18. The van der Waals surface area contributed by atoms with Crippen LogP contribution in [0.1, 0.15) is 5.56 Å². The highest BCUT2D eigenvalue weighted by Gasteiger charge is 2.38. The first-order chi connectivity index (χ1) is 12.0. The summed E-state index contributed by atoms with van der Waals surface area (Å²) >= 11 is 0. The Morgan fingerprint density at radius 3 is 2.88 bits per heavy atom. The second-order valence-electron chi connectivity index (χ2n) is 5.78. The lowest BCUT2D eigenvalue weighted by Crippen LogP contribution is -2.47. The first-order valence-electron chi connectivity index (χ1n) is 7.68. The Hall–Kier alpha value is -2.46. The summed E-state index contributed by atoms with van der Waals surface area (Å²) in [6.45, 7) is 0.278. The fraction of sp³-hybridized carbons (Fsp3) is 0.400. The monoisotopic (exact) mass is 365 g/mol. The quantitative estimate of drug-likeness (QED) is 0.763. The molecule has 3 rings (SSSR count). The summed E-state index contributed by atoms with van der Waals surface area (Å²) < 4.78 is 30.2. The number of sulfone groups is 1. The van der Waals surface area contributed by atoms with Crippen LogP contribution in [0.4, 0.5) is 4.79 Å². The molecule has 0 aliphatic carbocycles. The van der Waals surface area contributed by atoms with Gasteiger partial charge in [-0.2, -0.15) is 0 Å². The second-order valence-corrected chi connectivity index (χ2v) is 7.93. The molecule has 0 spiro atoms. The van der Waals surface area contributed by atoms with Crippen molar-refractivity contribution in [2.24, 2.45) is 0 Å². The van der Waals surface area contributed by atoms with Crippen LogP contribution in [0.25, 0.3) is 5.82 Å². The van der Waals surface area contributed by atoms with Crippen molar-refractivity contribution < 1.29 is 17.9 Å². The highest BCUT2D eigenvalue weighted by Crippen LogP contribution is 2.15. The lowest BCUT2D eigenvalue weighted by atomic mass is 10.2. The van der Waals surface area contributed by atoms with E-state index in [9.17, 15) is 13.2 Å². The van der Waals surface area contributed by atoms with Gasteiger partial charge in [0.2, 0.25) is 0 Å². The van der Waals surface area contributed by atoms with Crippen LogP contribution >= 0.6 is 0 Å². The number of urea groups is 1. The van der Waals surface area contributed by atoms with Gasteiger partial charge in [0.05, 0.1) is 23.7 Å². The number of hydrogen-bond acceptors (Lipinski definition) is 6. The first-order valence-corrected chi connectivity index (χ1v) is 9.50. The highest BCUT2D eigenvalue weighted by atomic mass is 32.2. The van der Waals surface area contributed by atoms with Crippen molar-refractivity contribution in [3.8, 4) is 5.82 Å². The Kier molecular flexibility index (Phi) is 5.00. The van der Waals surface area contributed by atoms with E-state index in [4.69, 9.17) is 4.74 Å². The van der Waals surface area contributed by atoms with Crippen LogP contribution in [0.15, 0.2) is 37.1 Å². The van der Waals surface area contributed by atoms with Gasteiger partial charge in [0, 0.05) is 32.2 Å². The van der Waals surface area contributed by atoms with E-state index < -0.39 is 28.0 Å². The number of ether oxygens (including phenoxy) is 1. The number of nitrogens with zero attached hydrogens (tertiary/aromatic N) is 3. The van der Waals surface area contributed by atoms with Crippen molar-refractivity contribution in [1.82, 2.24) is 25.2 Å². The summed E-state index contributed by atoms with van der Waals surface area (Å²) in [5, 5.41) is 5.35. The standard InChI is InChI=1S/C15H19N5O4S/c1-24-13-9-25(22,23)8-12(13)19-15(21)18-7-11-2-3-14(17-6-11)20-5-4-16-10-20/h2-6,10,12-13H,7-9H2,1H3,(H2,18,19,21). The maximum absolute atomic E-state index is 12.0. The van der Waals surface area contributed by atoms with E-state index in [1.807, 2.05) is 12.1 Å². The third-order valence-electron chi connectivity index (χ3n) is 3.95. The number of aromatic nitrogens is 3. The molecule has 2 aromatic rings. The molecule has 0 aromatic carbocycles. The molecule has 0 bridgehead atoms. The molecule has 0 saturated carbocycles. The summed E-state index contributed by atoms with van der Waals surface area (Å²) in [4.78, 5) is 20.2. The molecule has 2 N–H and O–H groups in total. The number of pyridine rings is 1. The average molecular weight is 365 g/mol. The predicted molar refractivity (Wildman–Crippen MR) is 90.0 cm³/mol. The van der Waals surface area contributed by atoms with Gasteiger partial charge in [0.25, 0.3) is 0 Å². The largest absolute Gasteiger partial charge is 0.378 e. The summed E-state index contributed by atoms with van der Waals surface area (Å²) in [6, 6.07) is 2.68. The molecule has 3 heterocycles. The Bertz CT molecular complexity index is 820. The van der Waals surface area contributed by atoms with E-state index in [-0.39, 0.29) is 18.1 Å². The van der Waals surface area contributed by atoms with Gasteiger partial charge < -0.3 is 15.4 Å². The van der Waals surface area contributed by atoms with Crippen molar-refractivity contribution in [1.29, 1.82) is 0 Å². The molecule has 1 aliphatic rings. The van der Waals surface area contributed by atoms with Crippen molar-refractivity contribution in [2.75, 3.05) is 18.6 Å². The van der Waals surface area contributed by atoms with Crippen LogP contribution in [0.5, 0.6) is 0 Å². The van der Waals surface area contributed by atoms with Crippen molar-refractivity contribution >= 4 is 15.9 Å². The van der Waals surface area contributed by atoms with E-state index >= 15 is 0 Å². The molecule has 2 aromatic heterocycles. The summed E-state index contributed by atoms with van der Waals surface area (Å²) in [7, 11) is -1.74. The van der Waals surface area contributed by atoms with E-state index in [2.05, 4.69) is 20.6 Å². The molecule has 2 atom stereocenters. The molecule has 1 saturated heterocycles. The molecular weight excluding hydrogens is 346 g/mol. The Labute approximate surface area is 145 Å². The molecule has 0 radical (unpaired) electrons. The van der Waals surface area contributed by atoms with Crippen LogP contribution in [0.2, 0.25) is 0 Å². The van der Waals surface area contributed by atoms with E-state index in [0.29, 0.717) is 0 Å². The minimum Gasteiger partial charge on any atom is -0.378 e. The molecule has 1 fully saturated rings. The number of carbonyl (C=O) groups is 1. The number of carbonyl (C=O) groups excluding carboxylic acids is 1. The lowest BCUT2D eigenvalue weighted by molar-refractivity contribution is 0.101. The van der Waals surface area contributed by atoms with Crippen molar-refractivity contribution in [3.63, 3.8) is 0 Å². The van der Waals surface area contributed by atoms with Gasteiger partial charge in [0.1, 0.15) is 12.1 Å². The topological polar surface area (TPSA) is 115 Å². The number of hydrogen-bond donors (Lipinski definition) is 2. The van der Waals surface area contributed by atoms with Gasteiger partial charge in [-0.05, 0) is 11.6 Å². The zero-order valence-electron chi connectivity index (χ0n) is 13.6. The summed E-state index contributed by atoms with van der Waals surface area (Å²) in [5.74, 6) is 0.540. The van der Waals surface area contributed by atoms with E-state index in [0.717, 1.165) is 11.4 Å². The molecule has 9 nitrogen and oxygen atoms in total. The van der Waals surface area contributed by atoms with Crippen LogP contribution in [0, 0.1) is 0 Å². The Balaban J connectivity index is 1.52. The van der Waals surface area contributed by atoms with E-state index in [1.165, 1.54) is 7.11 Å². The highest BCUT2D eigenvalue weighted by molar-refractivity contribution is 7.91. The number of nitrogens with one attached hydrogen (secondary N) is 2. The molecular formula is C15H19N5O4S. The minimum absolute atomic E-state index is 0.0753. The molecule has 10 heteroatoms. The van der Waals surface area contributed by atoms with Gasteiger partial charge in [-0.3, -0.25) is 4.57 Å². The smallest absolute Gasteiger partial charge is 0.315 e. The third kappa shape index (κ3) is 4.34. The SMILES string of the molecule is COC1CS(=O)(=O)CC1NC(=O)NCc1ccc(-n2ccnc2)nc1. The third-order valence-corrected chi connectivity index (χ3v) is 5.65. The Morgan fingerprint density at radius 1 is 1.40 bits per heavy atom. The zero-order chi connectivity index (χ0) is 17.9. The number of rotatable bonds is 5. The van der Waals surface area contributed by atoms with Crippen LogP contribution in [-0.2, 0) is 21.1 Å². The number of imidazole rings is 1. The zero-order valence-corrected chi connectivity index (χ0v) is 14.4. The molecule has 134 valence electrons. The van der Waals surface area contributed by atoms with Gasteiger partial charge >= 0.3 is 6.03 Å². The van der Waals surface area contributed by atoms with Crippen LogP contribution in [0.3, 0.4) is 0 Å². The molecule has 1 aliphatic heterocycles. The van der Waals surface area contributed by atoms with Gasteiger partial charge in [-0.1, -0.05) is 6.07 Å². The second kappa shape index (κ2) is 7.19. The number of amides is 2. The lowest BCUT2D eigenvalue weighted by Gasteiger charge is -2.18. The fourth-order valence-corrected chi connectivity index (χ4v) is 4.50. The van der Waals surface area contributed by atoms with E-state index in [1.54, 1.807) is 29.5 Å². The van der Waals surface area contributed by atoms with Gasteiger partial charge in [-0.15, -0.1) is 0 Å². The number of methoxy groups -OCH3 is 1. The molecule has 2 unspecified atom stereocenters. The normalized spacial score (nSPS) is 21.8. The Morgan fingerprint density at radius 2 is 2.24 bits per heavy atom. The fourth-order valence-electron chi connectivity index (χ4n) is 2.65. The first kappa shape index (κ1) is 17.4. The maximum atomic E-state index is 12.0. The molecule has 25 heavy (non-hydrogen) atoms. The molecule has 2 amide bonds. The average Bonchev–Trinajstić information content (AvgIpc) is 3.21.